The van der Waals surface area contributed by atoms with Gasteiger partial charge in [0.25, 0.3) is 0 Å². The molecule has 0 saturated heterocycles. The summed E-state index contributed by atoms with van der Waals surface area (Å²) in [6.45, 7) is 0.763. The fourth-order valence-corrected chi connectivity index (χ4v) is 2.25. The van der Waals surface area contributed by atoms with Crippen LogP contribution in [0.25, 0.3) is 0 Å². The summed E-state index contributed by atoms with van der Waals surface area (Å²) in [5.74, 6) is -0.0339. The van der Waals surface area contributed by atoms with Gasteiger partial charge in [-0.15, -0.1) is 0 Å². The molecule has 1 aromatic carbocycles. The molecule has 0 aliphatic heterocycles. The summed E-state index contributed by atoms with van der Waals surface area (Å²) in [5.41, 5.74) is 6.38. The molecule has 0 aromatic heterocycles. The average molecular weight is 305 g/mol. The Morgan fingerprint density at radius 2 is 1.95 bits per heavy atom. The normalized spacial score (nSPS) is 12.3. The number of nitrogens with two attached hydrogens (primary N) is 1. The van der Waals surface area contributed by atoms with E-state index in [1.54, 1.807) is 37.3 Å². The highest BCUT2D eigenvalue weighted by molar-refractivity contribution is 6.34. The maximum atomic E-state index is 12.0. The van der Waals surface area contributed by atoms with Gasteiger partial charge in [-0.05, 0) is 23.8 Å². The van der Waals surface area contributed by atoms with E-state index in [0.29, 0.717) is 23.1 Å². The molecular formula is C13H18Cl2N2O2. The molecule has 0 fully saturated rings. The first kappa shape index (κ1) is 16.2. The van der Waals surface area contributed by atoms with E-state index in [2.05, 4.69) is 0 Å². The van der Waals surface area contributed by atoms with Crippen molar-refractivity contribution in [2.24, 2.45) is 5.73 Å². The molecule has 1 aromatic rings. The van der Waals surface area contributed by atoms with Gasteiger partial charge in [0.2, 0.25) is 5.91 Å². The van der Waals surface area contributed by atoms with Crippen molar-refractivity contribution in [3.8, 4) is 0 Å². The Balaban J connectivity index is 2.63. The van der Waals surface area contributed by atoms with Gasteiger partial charge in [-0.2, -0.15) is 0 Å². The first-order chi connectivity index (χ1) is 8.96. The van der Waals surface area contributed by atoms with Crippen molar-refractivity contribution in [2.75, 3.05) is 20.7 Å². The fraction of sp³-hybridized carbons (Fsp3) is 0.462. The number of halogens is 2. The van der Waals surface area contributed by atoms with Gasteiger partial charge in [-0.3, -0.25) is 4.79 Å². The number of methoxy groups -OCH3 is 1. The van der Waals surface area contributed by atoms with E-state index in [0.717, 1.165) is 5.56 Å². The predicted octanol–water partition coefficient (Wildman–Crippen LogP) is 2.32. The van der Waals surface area contributed by atoms with Crippen LogP contribution in [0.3, 0.4) is 0 Å². The third-order valence-electron chi connectivity index (χ3n) is 2.77. The Labute approximate surface area is 123 Å². The molecule has 1 rings (SSSR count). The van der Waals surface area contributed by atoms with E-state index < -0.39 is 0 Å². The molecule has 0 aliphatic rings. The van der Waals surface area contributed by atoms with Crippen molar-refractivity contribution >= 4 is 29.1 Å². The van der Waals surface area contributed by atoms with Gasteiger partial charge < -0.3 is 15.4 Å². The summed E-state index contributed by atoms with van der Waals surface area (Å²) in [6.07, 6.45) is 0.00976. The Hall–Kier alpha value is -0.810. The molecule has 0 saturated carbocycles. The quantitative estimate of drug-likeness (QED) is 0.877. The molecule has 0 bridgehead atoms. The second-order valence-electron chi connectivity index (χ2n) is 4.33. The monoisotopic (exact) mass is 304 g/mol. The molecular weight excluding hydrogens is 287 g/mol. The van der Waals surface area contributed by atoms with Gasteiger partial charge in [0, 0.05) is 37.3 Å². The van der Waals surface area contributed by atoms with Crippen LogP contribution >= 0.6 is 23.2 Å². The van der Waals surface area contributed by atoms with Crippen molar-refractivity contribution in [1.82, 2.24) is 4.90 Å². The minimum atomic E-state index is -0.252. The summed E-state index contributed by atoms with van der Waals surface area (Å²) < 4.78 is 5.09. The maximum absolute atomic E-state index is 12.0. The van der Waals surface area contributed by atoms with Crippen molar-refractivity contribution in [3.05, 3.63) is 33.8 Å². The molecule has 2 N–H and O–H groups in total. The zero-order chi connectivity index (χ0) is 14.4. The van der Waals surface area contributed by atoms with Gasteiger partial charge in [0.05, 0.1) is 12.5 Å². The standard InChI is InChI=1S/C13H18Cl2N2O2/c1-17(13(18)6-12(7-16)19-2)8-9-3-10(14)5-11(15)4-9/h3-5,12H,6-8,16H2,1-2H3. The fourth-order valence-electron chi connectivity index (χ4n) is 1.68. The second-order valence-corrected chi connectivity index (χ2v) is 5.20. The number of carbonyl (C=O) groups is 1. The molecule has 1 unspecified atom stereocenters. The van der Waals surface area contributed by atoms with Crippen LogP contribution < -0.4 is 5.73 Å². The number of amides is 1. The minimum absolute atomic E-state index is 0.0339. The van der Waals surface area contributed by atoms with Gasteiger partial charge in [0.15, 0.2) is 0 Å². The van der Waals surface area contributed by atoms with Gasteiger partial charge in [-0.1, -0.05) is 23.2 Å². The molecule has 1 atom stereocenters. The van der Waals surface area contributed by atoms with E-state index in [4.69, 9.17) is 33.7 Å². The Kier molecular flexibility index (Phi) is 6.58. The van der Waals surface area contributed by atoms with Crippen molar-refractivity contribution in [1.29, 1.82) is 0 Å². The van der Waals surface area contributed by atoms with Crippen LogP contribution in [0.2, 0.25) is 10.0 Å². The lowest BCUT2D eigenvalue weighted by Crippen LogP contribution is -2.33. The predicted molar refractivity (Wildman–Crippen MR) is 77.4 cm³/mol. The summed E-state index contributed by atoms with van der Waals surface area (Å²) in [5, 5.41) is 1.11. The third-order valence-corrected chi connectivity index (χ3v) is 3.20. The summed E-state index contributed by atoms with van der Waals surface area (Å²) in [7, 11) is 3.27. The molecule has 106 valence electrons. The number of benzene rings is 1. The van der Waals surface area contributed by atoms with Crippen LogP contribution in [-0.2, 0) is 16.1 Å². The van der Waals surface area contributed by atoms with Crippen LogP contribution in [0.15, 0.2) is 18.2 Å². The van der Waals surface area contributed by atoms with Crippen LogP contribution in [0.5, 0.6) is 0 Å². The Morgan fingerprint density at radius 3 is 2.42 bits per heavy atom. The highest BCUT2D eigenvalue weighted by Gasteiger charge is 2.15. The molecule has 19 heavy (non-hydrogen) atoms. The molecule has 6 heteroatoms. The summed E-state index contributed by atoms with van der Waals surface area (Å²) in [6, 6.07) is 5.23. The lowest BCUT2D eigenvalue weighted by atomic mass is 10.2. The lowest BCUT2D eigenvalue weighted by molar-refractivity contribution is -0.132. The van der Waals surface area contributed by atoms with Crippen molar-refractivity contribution < 1.29 is 9.53 Å². The molecule has 1 amide bonds. The highest BCUT2D eigenvalue weighted by Crippen LogP contribution is 2.20. The SMILES string of the molecule is COC(CN)CC(=O)N(C)Cc1cc(Cl)cc(Cl)c1. The molecule has 0 radical (unpaired) electrons. The highest BCUT2D eigenvalue weighted by atomic mass is 35.5. The zero-order valence-electron chi connectivity index (χ0n) is 11.0. The molecule has 4 nitrogen and oxygen atoms in total. The maximum Gasteiger partial charge on any atom is 0.225 e. The molecule has 0 heterocycles. The third kappa shape index (κ3) is 5.37. The first-order valence-electron chi connectivity index (χ1n) is 5.88. The largest absolute Gasteiger partial charge is 0.380 e. The summed E-state index contributed by atoms with van der Waals surface area (Å²) in [4.78, 5) is 13.6. The van der Waals surface area contributed by atoms with E-state index in [9.17, 15) is 4.79 Å². The Bertz CT molecular complexity index is 416. The number of nitrogens with zero attached hydrogens (tertiary/aromatic N) is 1. The number of ether oxygens (including phenoxy) is 1. The smallest absolute Gasteiger partial charge is 0.225 e. The van der Waals surface area contributed by atoms with E-state index in [1.807, 2.05) is 0 Å². The number of rotatable bonds is 6. The minimum Gasteiger partial charge on any atom is -0.380 e. The van der Waals surface area contributed by atoms with E-state index >= 15 is 0 Å². The van der Waals surface area contributed by atoms with Gasteiger partial charge in [0.1, 0.15) is 0 Å². The summed E-state index contributed by atoms with van der Waals surface area (Å²) >= 11 is 11.8. The van der Waals surface area contributed by atoms with Crippen LogP contribution in [0.1, 0.15) is 12.0 Å². The number of carbonyl (C=O) groups excluding carboxylic acids is 1. The van der Waals surface area contributed by atoms with Crippen LogP contribution in [0.4, 0.5) is 0 Å². The Morgan fingerprint density at radius 1 is 1.37 bits per heavy atom. The van der Waals surface area contributed by atoms with Crippen molar-refractivity contribution in [3.63, 3.8) is 0 Å². The first-order valence-corrected chi connectivity index (χ1v) is 6.63. The number of hydrogen-bond donors (Lipinski definition) is 1. The molecule has 0 spiro atoms. The lowest BCUT2D eigenvalue weighted by Gasteiger charge is -2.20. The second kappa shape index (κ2) is 7.70. The van der Waals surface area contributed by atoms with E-state index in [-0.39, 0.29) is 18.4 Å². The van der Waals surface area contributed by atoms with Crippen molar-refractivity contribution in [2.45, 2.75) is 19.1 Å². The van der Waals surface area contributed by atoms with Crippen LogP contribution in [-0.4, -0.2) is 37.6 Å². The number of hydrogen-bond acceptors (Lipinski definition) is 3. The van der Waals surface area contributed by atoms with Gasteiger partial charge in [-0.25, -0.2) is 0 Å². The topological polar surface area (TPSA) is 55.6 Å². The van der Waals surface area contributed by atoms with Crippen LogP contribution in [0, 0.1) is 0 Å². The van der Waals surface area contributed by atoms with Gasteiger partial charge >= 0.3 is 0 Å². The van der Waals surface area contributed by atoms with E-state index in [1.165, 1.54) is 0 Å². The average Bonchev–Trinajstić information content (AvgIpc) is 2.34. The zero-order valence-corrected chi connectivity index (χ0v) is 12.5. The molecule has 0 aliphatic carbocycles.